The highest BCUT2D eigenvalue weighted by Gasteiger charge is 2.14. The number of ether oxygens (including phenoxy) is 1. The van der Waals surface area contributed by atoms with Gasteiger partial charge in [-0.1, -0.05) is 18.7 Å². The molecule has 17 heavy (non-hydrogen) atoms. The number of hydrogen-bond acceptors (Lipinski definition) is 3. The van der Waals surface area contributed by atoms with Crippen molar-refractivity contribution in [1.82, 2.24) is 0 Å². The van der Waals surface area contributed by atoms with Crippen LogP contribution in [-0.2, 0) is 9.53 Å². The molecule has 0 saturated heterocycles. The van der Waals surface area contributed by atoms with E-state index in [0.29, 0.717) is 5.70 Å². The summed E-state index contributed by atoms with van der Waals surface area (Å²) in [5.41, 5.74) is 2.86. The van der Waals surface area contributed by atoms with Crippen molar-refractivity contribution in [2.45, 2.75) is 6.42 Å². The molecule has 0 bridgehead atoms. The molecular formula is C13H19N2O2+. The summed E-state index contributed by atoms with van der Waals surface area (Å²) >= 11 is 0. The highest BCUT2D eigenvalue weighted by atomic mass is 16.5. The molecular weight excluding hydrogens is 216 g/mol. The maximum Gasteiger partial charge on any atom is 0.311 e. The minimum Gasteiger partial charge on any atom is -0.469 e. The van der Waals surface area contributed by atoms with Crippen molar-refractivity contribution in [1.29, 1.82) is 0 Å². The van der Waals surface area contributed by atoms with Crippen LogP contribution in [0.2, 0.25) is 0 Å². The molecule has 4 heteroatoms. The van der Waals surface area contributed by atoms with E-state index in [2.05, 4.69) is 11.3 Å². The normalized spacial score (nSPS) is 9.82. The van der Waals surface area contributed by atoms with Crippen LogP contribution in [0.5, 0.6) is 0 Å². The fourth-order valence-corrected chi connectivity index (χ4v) is 1.56. The minimum absolute atomic E-state index is 0.199. The number of quaternary nitrogens is 1. The SMILES string of the molecule is C=C(CC(=O)OC)N(C)c1ccccc1[NH2+]C. The topological polar surface area (TPSA) is 46.1 Å². The lowest BCUT2D eigenvalue weighted by Gasteiger charge is -2.22. The highest BCUT2D eigenvalue weighted by molar-refractivity contribution is 5.75. The average molecular weight is 235 g/mol. The van der Waals surface area contributed by atoms with Crippen LogP contribution in [0, 0.1) is 0 Å². The second-order valence-electron chi connectivity index (χ2n) is 3.73. The van der Waals surface area contributed by atoms with Gasteiger partial charge in [0.2, 0.25) is 0 Å². The maximum atomic E-state index is 11.2. The second kappa shape index (κ2) is 6.06. The number of rotatable bonds is 5. The molecule has 92 valence electrons. The smallest absolute Gasteiger partial charge is 0.311 e. The molecule has 0 unspecified atom stereocenters. The number of benzene rings is 1. The van der Waals surface area contributed by atoms with E-state index in [9.17, 15) is 4.79 Å². The number of carbonyl (C=O) groups excluding carboxylic acids is 1. The molecule has 0 aliphatic rings. The van der Waals surface area contributed by atoms with E-state index < -0.39 is 0 Å². The van der Waals surface area contributed by atoms with Gasteiger partial charge < -0.3 is 15.0 Å². The first-order valence-corrected chi connectivity index (χ1v) is 5.46. The summed E-state index contributed by atoms with van der Waals surface area (Å²) in [6.45, 7) is 3.91. The Hall–Kier alpha value is -1.81. The zero-order valence-corrected chi connectivity index (χ0v) is 10.6. The summed E-state index contributed by atoms with van der Waals surface area (Å²) in [7, 11) is 5.26. The number of hydrogen-bond donors (Lipinski definition) is 1. The molecule has 0 aliphatic carbocycles. The lowest BCUT2D eigenvalue weighted by Crippen LogP contribution is -2.73. The molecule has 0 aliphatic heterocycles. The van der Waals surface area contributed by atoms with E-state index in [4.69, 9.17) is 0 Å². The summed E-state index contributed by atoms with van der Waals surface area (Å²) in [5.74, 6) is -0.278. The third-order valence-electron chi connectivity index (χ3n) is 2.66. The van der Waals surface area contributed by atoms with Gasteiger partial charge in [-0.05, 0) is 6.07 Å². The summed E-state index contributed by atoms with van der Waals surface area (Å²) in [4.78, 5) is 13.1. The van der Waals surface area contributed by atoms with E-state index in [0.717, 1.165) is 11.4 Å². The fourth-order valence-electron chi connectivity index (χ4n) is 1.56. The Balaban J connectivity index is 2.84. The van der Waals surface area contributed by atoms with Gasteiger partial charge in [0, 0.05) is 18.8 Å². The highest BCUT2D eigenvalue weighted by Crippen LogP contribution is 2.24. The Morgan fingerprint density at radius 1 is 1.47 bits per heavy atom. The van der Waals surface area contributed by atoms with Crippen LogP contribution in [0.15, 0.2) is 36.5 Å². The van der Waals surface area contributed by atoms with Crippen molar-refractivity contribution >= 4 is 17.3 Å². The molecule has 0 saturated carbocycles. The standard InChI is InChI=1S/C13H18N2O2/c1-10(9-13(16)17-4)15(3)12-8-6-5-7-11(12)14-2/h5-8,14H,1,9H2,2-4H3/p+1. The second-order valence-corrected chi connectivity index (χ2v) is 3.73. The summed E-state index contributed by atoms with van der Waals surface area (Å²) < 4.78 is 4.63. The molecule has 0 heterocycles. The zero-order chi connectivity index (χ0) is 12.8. The number of methoxy groups -OCH3 is 1. The van der Waals surface area contributed by atoms with Crippen molar-refractivity contribution in [3.63, 3.8) is 0 Å². The Kier molecular flexibility index (Phi) is 4.72. The van der Waals surface area contributed by atoms with Crippen molar-refractivity contribution in [2.75, 3.05) is 26.1 Å². The molecule has 0 amide bonds. The molecule has 0 aromatic heterocycles. The van der Waals surface area contributed by atoms with Crippen LogP contribution in [0.1, 0.15) is 6.42 Å². The van der Waals surface area contributed by atoms with E-state index in [1.165, 1.54) is 7.11 Å². The number of anilines is 1. The largest absolute Gasteiger partial charge is 0.469 e. The Morgan fingerprint density at radius 3 is 2.71 bits per heavy atom. The van der Waals surface area contributed by atoms with Crippen molar-refractivity contribution in [3.05, 3.63) is 36.5 Å². The molecule has 1 aromatic rings. The Labute approximate surface area is 102 Å². The molecule has 0 fully saturated rings. The third kappa shape index (κ3) is 3.32. The van der Waals surface area contributed by atoms with Gasteiger partial charge in [-0.25, -0.2) is 0 Å². The molecule has 1 rings (SSSR count). The van der Waals surface area contributed by atoms with Gasteiger partial charge in [-0.3, -0.25) is 4.79 Å². The van der Waals surface area contributed by atoms with Crippen LogP contribution in [0.3, 0.4) is 0 Å². The zero-order valence-electron chi connectivity index (χ0n) is 10.6. The molecule has 4 nitrogen and oxygen atoms in total. The predicted octanol–water partition coefficient (Wildman–Crippen LogP) is 1.02. The maximum absolute atomic E-state index is 11.2. The molecule has 0 radical (unpaired) electrons. The number of para-hydroxylation sites is 2. The molecule has 0 spiro atoms. The van der Waals surface area contributed by atoms with Crippen LogP contribution in [-0.4, -0.2) is 27.2 Å². The van der Waals surface area contributed by atoms with Gasteiger partial charge in [0.15, 0.2) is 5.69 Å². The molecule has 2 N–H and O–H groups in total. The fraction of sp³-hybridized carbons (Fsp3) is 0.308. The first kappa shape index (κ1) is 13.3. The van der Waals surface area contributed by atoms with E-state index in [-0.39, 0.29) is 12.4 Å². The van der Waals surface area contributed by atoms with Crippen molar-refractivity contribution in [2.24, 2.45) is 0 Å². The lowest BCUT2D eigenvalue weighted by molar-refractivity contribution is -0.538. The van der Waals surface area contributed by atoms with Crippen molar-refractivity contribution < 1.29 is 14.8 Å². The van der Waals surface area contributed by atoms with E-state index >= 15 is 0 Å². The Morgan fingerprint density at radius 2 is 2.12 bits per heavy atom. The third-order valence-corrected chi connectivity index (χ3v) is 2.66. The van der Waals surface area contributed by atoms with Crippen molar-refractivity contribution in [3.8, 4) is 0 Å². The lowest BCUT2D eigenvalue weighted by atomic mass is 10.2. The number of nitrogens with zero attached hydrogens (tertiary/aromatic N) is 1. The van der Waals surface area contributed by atoms with Gasteiger partial charge in [-0.15, -0.1) is 0 Å². The Bertz CT molecular complexity index is 416. The summed E-state index contributed by atoms with van der Waals surface area (Å²) in [6, 6.07) is 7.97. The van der Waals surface area contributed by atoms with E-state index in [1.54, 1.807) is 0 Å². The molecule has 1 aromatic carbocycles. The first-order chi connectivity index (χ1) is 8.10. The van der Waals surface area contributed by atoms with Gasteiger partial charge in [0.25, 0.3) is 0 Å². The van der Waals surface area contributed by atoms with Crippen LogP contribution in [0.25, 0.3) is 0 Å². The van der Waals surface area contributed by atoms with Crippen LogP contribution >= 0.6 is 0 Å². The molecule has 0 atom stereocenters. The van der Waals surface area contributed by atoms with Gasteiger partial charge in [-0.2, -0.15) is 0 Å². The first-order valence-electron chi connectivity index (χ1n) is 5.46. The van der Waals surface area contributed by atoms with Gasteiger partial charge in [0.05, 0.1) is 20.6 Å². The van der Waals surface area contributed by atoms with Crippen LogP contribution < -0.4 is 10.2 Å². The van der Waals surface area contributed by atoms with Gasteiger partial charge >= 0.3 is 5.97 Å². The van der Waals surface area contributed by atoms with Crippen LogP contribution in [0.4, 0.5) is 11.4 Å². The average Bonchev–Trinajstić information content (AvgIpc) is 2.37. The number of esters is 1. The number of carbonyl (C=O) groups is 1. The minimum atomic E-state index is -0.278. The summed E-state index contributed by atoms with van der Waals surface area (Å²) in [5, 5.41) is 2.03. The van der Waals surface area contributed by atoms with Gasteiger partial charge in [0.1, 0.15) is 5.69 Å². The summed E-state index contributed by atoms with van der Waals surface area (Å²) in [6.07, 6.45) is 0.199. The quantitative estimate of drug-likeness (QED) is 0.612. The monoisotopic (exact) mass is 235 g/mol. The number of nitrogens with two attached hydrogens (primary N) is 1. The van der Waals surface area contributed by atoms with E-state index in [1.807, 2.05) is 48.6 Å². The predicted molar refractivity (Wildman–Crippen MR) is 68.1 cm³/mol.